The summed E-state index contributed by atoms with van der Waals surface area (Å²) >= 11 is 5.66. The van der Waals surface area contributed by atoms with Crippen LogP contribution in [-0.2, 0) is 0 Å². The van der Waals surface area contributed by atoms with Crippen molar-refractivity contribution in [2.24, 2.45) is 0 Å². The van der Waals surface area contributed by atoms with Crippen molar-refractivity contribution in [3.8, 4) is 0 Å². The van der Waals surface area contributed by atoms with Gasteiger partial charge in [-0.25, -0.2) is 8.78 Å². The first-order valence-electron chi connectivity index (χ1n) is 4.50. The van der Waals surface area contributed by atoms with Crippen molar-refractivity contribution in [1.29, 1.82) is 0 Å². The number of rotatable bonds is 3. The maximum absolute atomic E-state index is 12.1. The molecule has 3 nitrogen and oxygen atoms in total. The molecule has 0 fully saturated rings. The van der Waals surface area contributed by atoms with Crippen molar-refractivity contribution < 1.29 is 13.6 Å². The van der Waals surface area contributed by atoms with E-state index >= 15 is 0 Å². The Bertz CT molecular complexity index is 398. The van der Waals surface area contributed by atoms with Crippen LogP contribution < -0.4 is 5.73 Å². The fraction of sp³-hybridized carbons (Fsp3) is 0.300. The molecule has 1 rings (SSSR count). The van der Waals surface area contributed by atoms with Crippen LogP contribution in [-0.4, -0.2) is 30.8 Å². The Balaban J connectivity index is 2.88. The van der Waals surface area contributed by atoms with Crippen LogP contribution in [0.25, 0.3) is 0 Å². The van der Waals surface area contributed by atoms with Gasteiger partial charge in [0.15, 0.2) is 0 Å². The van der Waals surface area contributed by atoms with E-state index in [1.807, 2.05) is 0 Å². The summed E-state index contributed by atoms with van der Waals surface area (Å²) in [5.74, 6) is -0.547. The molecule has 1 aromatic carbocycles. The third-order valence-electron chi connectivity index (χ3n) is 2.00. The molecule has 2 N–H and O–H groups in total. The highest BCUT2D eigenvalue weighted by Gasteiger charge is 2.17. The second-order valence-electron chi connectivity index (χ2n) is 3.31. The molecule has 0 unspecified atom stereocenters. The number of amides is 1. The Morgan fingerprint density at radius 2 is 2.19 bits per heavy atom. The molecular formula is C10H11ClF2N2O. The molecule has 88 valence electrons. The molecule has 0 heterocycles. The molecule has 0 aromatic heterocycles. The topological polar surface area (TPSA) is 46.3 Å². The predicted octanol–water partition coefficient (Wildman–Crippen LogP) is 2.26. The molecule has 0 bridgehead atoms. The summed E-state index contributed by atoms with van der Waals surface area (Å²) in [4.78, 5) is 12.6. The Hall–Kier alpha value is -1.36. The van der Waals surface area contributed by atoms with Gasteiger partial charge in [-0.05, 0) is 18.2 Å². The first-order valence-corrected chi connectivity index (χ1v) is 4.88. The first-order chi connectivity index (χ1) is 7.41. The minimum absolute atomic E-state index is 0.174. The van der Waals surface area contributed by atoms with E-state index in [1.165, 1.54) is 25.2 Å². The second-order valence-corrected chi connectivity index (χ2v) is 3.74. The normalized spacial score (nSPS) is 10.6. The summed E-state index contributed by atoms with van der Waals surface area (Å²) in [6.07, 6.45) is -2.57. The lowest BCUT2D eigenvalue weighted by atomic mass is 10.1. The molecule has 0 saturated heterocycles. The van der Waals surface area contributed by atoms with E-state index in [0.29, 0.717) is 5.02 Å². The van der Waals surface area contributed by atoms with Crippen LogP contribution in [0.2, 0.25) is 5.02 Å². The van der Waals surface area contributed by atoms with Gasteiger partial charge in [-0.15, -0.1) is 0 Å². The number of hydrogen-bond donors (Lipinski definition) is 1. The van der Waals surface area contributed by atoms with Crippen LogP contribution in [0.5, 0.6) is 0 Å². The fourth-order valence-corrected chi connectivity index (χ4v) is 1.40. The van der Waals surface area contributed by atoms with Crippen molar-refractivity contribution in [2.75, 3.05) is 19.3 Å². The molecule has 0 spiro atoms. The Morgan fingerprint density at radius 3 is 2.69 bits per heavy atom. The van der Waals surface area contributed by atoms with Gasteiger partial charge in [-0.1, -0.05) is 11.6 Å². The number of halogens is 3. The van der Waals surface area contributed by atoms with E-state index in [0.717, 1.165) is 4.90 Å². The van der Waals surface area contributed by atoms with Gasteiger partial charge >= 0.3 is 0 Å². The minimum Gasteiger partial charge on any atom is -0.398 e. The van der Waals surface area contributed by atoms with Gasteiger partial charge in [-0.2, -0.15) is 0 Å². The summed E-state index contributed by atoms with van der Waals surface area (Å²) in [5.41, 5.74) is 5.92. The van der Waals surface area contributed by atoms with Gasteiger partial charge in [0.2, 0.25) is 0 Å². The molecule has 0 aliphatic rings. The van der Waals surface area contributed by atoms with Gasteiger partial charge in [0.25, 0.3) is 12.3 Å². The van der Waals surface area contributed by atoms with Crippen LogP contribution in [0.4, 0.5) is 14.5 Å². The van der Waals surface area contributed by atoms with Crippen LogP contribution >= 0.6 is 11.6 Å². The van der Waals surface area contributed by atoms with Gasteiger partial charge in [0.05, 0.1) is 12.1 Å². The average Bonchev–Trinajstić information content (AvgIpc) is 2.15. The number of nitrogen functional groups attached to an aromatic ring is 1. The Morgan fingerprint density at radius 1 is 1.56 bits per heavy atom. The van der Waals surface area contributed by atoms with Crippen molar-refractivity contribution in [3.05, 3.63) is 28.8 Å². The maximum atomic E-state index is 12.1. The van der Waals surface area contributed by atoms with Crippen LogP contribution in [0.3, 0.4) is 0 Å². The fourth-order valence-electron chi connectivity index (χ4n) is 1.22. The summed E-state index contributed by atoms with van der Waals surface area (Å²) in [7, 11) is 1.29. The van der Waals surface area contributed by atoms with E-state index in [9.17, 15) is 13.6 Å². The first kappa shape index (κ1) is 12.7. The Kier molecular flexibility index (Phi) is 4.06. The quantitative estimate of drug-likeness (QED) is 0.834. The molecule has 0 saturated carbocycles. The van der Waals surface area contributed by atoms with Crippen LogP contribution in [0.15, 0.2) is 18.2 Å². The molecular weight excluding hydrogens is 238 g/mol. The zero-order valence-corrected chi connectivity index (χ0v) is 9.34. The minimum atomic E-state index is -2.57. The van der Waals surface area contributed by atoms with Crippen molar-refractivity contribution >= 4 is 23.2 Å². The molecule has 6 heteroatoms. The number of nitrogens with zero attached hydrogens (tertiary/aromatic N) is 1. The van der Waals surface area contributed by atoms with Crippen LogP contribution in [0.1, 0.15) is 10.4 Å². The summed E-state index contributed by atoms with van der Waals surface area (Å²) in [6, 6.07) is 4.31. The van der Waals surface area contributed by atoms with E-state index < -0.39 is 18.9 Å². The number of nitrogens with two attached hydrogens (primary N) is 1. The number of carbonyl (C=O) groups excluding carboxylic acids is 1. The molecule has 0 atom stereocenters. The average molecular weight is 249 g/mol. The molecule has 0 radical (unpaired) electrons. The van der Waals surface area contributed by atoms with E-state index in [-0.39, 0.29) is 11.3 Å². The van der Waals surface area contributed by atoms with Crippen molar-refractivity contribution in [3.63, 3.8) is 0 Å². The SMILES string of the molecule is CN(CC(F)F)C(=O)c1ccc(Cl)cc1N. The number of hydrogen-bond acceptors (Lipinski definition) is 2. The lowest BCUT2D eigenvalue weighted by molar-refractivity contribution is 0.0621. The molecule has 0 aliphatic heterocycles. The number of carbonyl (C=O) groups is 1. The van der Waals surface area contributed by atoms with Gasteiger partial charge in [0.1, 0.15) is 0 Å². The Labute approximate surface area is 96.8 Å². The highest BCUT2D eigenvalue weighted by molar-refractivity contribution is 6.31. The molecule has 16 heavy (non-hydrogen) atoms. The highest BCUT2D eigenvalue weighted by atomic mass is 35.5. The number of anilines is 1. The van der Waals surface area contributed by atoms with Gasteiger partial charge in [0, 0.05) is 17.8 Å². The molecule has 1 aromatic rings. The van der Waals surface area contributed by atoms with E-state index in [2.05, 4.69) is 0 Å². The molecule has 0 aliphatic carbocycles. The molecule has 1 amide bonds. The predicted molar refractivity (Wildman–Crippen MR) is 58.8 cm³/mol. The van der Waals surface area contributed by atoms with E-state index in [1.54, 1.807) is 0 Å². The highest BCUT2D eigenvalue weighted by Crippen LogP contribution is 2.19. The lowest BCUT2D eigenvalue weighted by Crippen LogP contribution is -2.31. The second kappa shape index (κ2) is 5.12. The summed E-state index contributed by atoms with van der Waals surface area (Å²) in [6.45, 7) is -0.624. The van der Waals surface area contributed by atoms with E-state index in [4.69, 9.17) is 17.3 Å². The summed E-state index contributed by atoms with van der Waals surface area (Å²) < 4.78 is 24.2. The lowest BCUT2D eigenvalue weighted by Gasteiger charge is -2.17. The monoisotopic (exact) mass is 248 g/mol. The standard InChI is InChI=1S/C10H11ClF2N2O/c1-15(5-9(12)13)10(16)7-3-2-6(11)4-8(7)14/h2-4,9H,5,14H2,1H3. The van der Waals surface area contributed by atoms with Gasteiger partial charge < -0.3 is 10.6 Å². The number of benzene rings is 1. The zero-order chi connectivity index (χ0) is 12.3. The zero-order valence-electron chi connectivity index (χ0n) is 8.58. The van der Waals surface area contributed by atoms with Gasteiger partial charge in [-0.3, -0.25) is 4.79 Å². The van der Waals surface area contributed by atoms with Crippen molar-refractivity contribution in [1.82, 2.24) is 4.90 Å². The largest absolute Gasteiger partial charge is 0.398 e. The third kappa shape index (κ3) is 3.06. The third-order valence-corrected chi connectivity index (χ3v) is 2.24. The number of alkyl halides is 2. The van der Waals surface area contributed by atoms with Crippen molar-refractivity contribution in [2.45, 2.75) is 6.43 Å². The summed E-state index contributed by atoms with van der Waals surface area (Å²) in [5, 5.41) is 0.394. The smallest absolute Gasteiger partial charge is 0.255 e. The maximum Gasteiger partial charge on any atom is 0.255 e. The van der Waals surface area contributed by atoms with Crippen LogP contribution in [0, 0.1) is 0 Å².